The zero-order chi connectivity index (χ0) is 11.5. The van der Waals surface area contributed by atoms with Crippen molar-refractivity contribution in [1.82, 2.24) is 20.4 Å². The summed E-state index contributed by atoms with van der Waals surface area (Å²) in [6.45, 7) is 1.01. The topological polar surface area (TPSA) is 61.0 Å². The third kappa shape index (κ3) is 2.09. The Morgan fingerprint density at radius 1 is 1.50 bits per heavy atom. The third-order valence-electron chi connectivity index (χ3n) is 2.96. The van der Waals surface area contributed by atoms with Crippen molar-refractivity contribution in [2.75, 3.05) is 20.6 Å². The highest BCUT2D eigenvalue weighted by atomic mass is 16.2. The maximum absolute atomic E-state index is 11.9. The van der Waals surface area contributed by atoms with Gasteiger partial charge in [0.15, 0.2) is 0 Å². The molecule has 1 unspecified atom stereocenters. The fourth-order valence-electron chi connectivity index (χ4n) is 2.07. The first-order chi connectivity index (χ1) is 7.70. The van der Waals surface area contributed by atoms with E-state index in [1.807, 2.05) is 0 Å². The van der Waals surface area contributed by atoms with E-state index < -0.39 is 0 Å². The molecule has 0 spiro atoms. The largest absolute Gasteiger partial charge is 0.345 e. The molecule has 1 atom stereocenters. The van der Waals surface area contributed by atoms with Crippen molar-refractivity contribution in [2.45, 2.75) is 25.3 Å². The molecule has 1 amide bonds. The summed E-state index contributed by atoms with van der Waals surface area (Å²) < 4.78 is 0. The molecule has 88 valence electrons. The smallest absolute Gasteiger partial charge is 0.256 e. The Hall–Kier alpha value is -1.36. The van der Waals surface area contributed by atoms with Crippen LogP contribution in [-0.4, -0.2) is 41.6 Å². The van der Waals surface area contributed by atoms with Crippen molar-refractivity contribution >= 4 is 5.91 Å². The lowest BCUT2D eigenvalue weighted by Gasteiger charge is -2.23. The molecule has 5 heteroatoms. The Labute approximate surface area is 95.2 Å². The summed E-state index contributed by atoms with van der Waals surface area (Å²) in [4.78, 5) is 13.5. The van der Waals surface area contributed by atoms with E-state index in [-0.39, 0.29) is 11.9 Å². The quantitative estimate of drug-likeness (QED) is 0.782. The van der Waals surface area contributed by atoms with Crippen LogP contribution in [0, 0.1) is 0 Å². The molecule has 0 bridgehead atoms. The van der Waals surface area contributed by atoms with Gasteiger partial charge in [0.25, 0.3) is 5.91 Å². The van der Waals surface area contributed by atoms with Crippen LogP contribution in [0.5, 0.6) is 0 Å². The van der Waals surface area contributed by atoms with Gasteiger partial charge < -0.3 is 10.2 Å². The first-order valence-electron chi connectivity index (χ1n) is 5.68. The van der Waals surface area contributed by atoms with Gasteiger partial charge >= 0.3 is 0 Å². The normalized spacial score (nSPS) is 20.8. The first kappa shape index (κ1) is 11.1. The van der Waals surface area contributed by atoms with E-state index in [0.29, 0.717) is 5.56 Å². The number of aromatic amines is 1. The van der Waals surface area contributed by atoms with E-state index in [2.05, 4.69) is 15.5 Å². The van der Waals surface area contributed by atoms with Gasteiger partial charge in [-0.25, -0.2) is 0 Å². The van der Waals surface area contributed by atoms with Gasteiger partial charge in [-0.2, -0.15) is 5.10 Å². The highest BCUT2D eigenvalue weighted by Gasteiger charge is 2.23. The Balaban J connectivity index is 2.21. The summed E-state index contributed by atoms with van der Waals surface area (Å²) in [6, 6.07) is 0.246. The molecule has 1 fully saturated rings. The molecule has 1 aromatic rings. The molecule has 1 aliphatic heterocycles. The number of nitrogens with one attached hydrogen (secondary N) is 2. The van der Waals surface area contributed by atoms with Gasteiger partial charge in [0.2, 0.25) is 0 Å². The second-order valence-electron chi connectivity index (χ2n) is 4.40. The molecule has 1 saturated heterocycles. The number of piperidine rings is 1. The number of rotatable bonds is 2. The molecule has 0 saturated carbocycles. The van der Waals surface area contributed by atoms with Crippen LogP contribution in [-0.2, 0) is 0 Å². The van der Waals surface area contributed by atoms with Crippen molar-refractivity contribution < 1.29 is 4.79 Å². The van der Waals surface area contributed by atoms with Crippen molar-refractivity contribution in [1.29, 1.82) is 0 Å². The molecule has 1 aliphatic rings. The second-order valence-corrected chi connectivity index (χ2v) is 4.40. The fraction of sp³-hybridized carbons (Fsp3) is 0.636. The third-order valence-corrected chi connectivity index (χ3v) is 2.96. The summed E-state index contributed by atoms with van der Waals surface area (Å²) in [5.74, 6) is 0.0103. The van der Waals surface area contributed by atoms with Crippen LogP contribution in [0.25, 0.3) is 0 Å². The van der Waals surface area contributed by atoms with E-state index in [1.165, 1.54) is 12.8 Å². The molecule has 2 heterocycles. The van der Waals surface area contributed by atoms with E-state index >= 15 is 0 Å². The predicted octanol–water partition coefficient (Wildman–Crippen LogP) is 0.926. The highest BCUT2D eigenvalue weighted by Crippen LogP contribution is 2.24. The number of hydrogen-bond acceptors (Lipinski definition) is 3. The van der Waals surface area contributed by atoms with Crippen molar-refractivity contribution in [3.63, 3.8) is 0 Å². The average molecular weight is 222 g/mol. The Morgan fingerprint density at radius 3 is 2.94 bits per heavy atom. The summed E-state index contributed by atoms with van der Waals surface area (Å²) in [6.07, 6.45) is 5.09. The fourth-order valence-corrected chi connectivity index (χ4v) is 2.07. The number of carbonyl (C=O) groups excluding carboxylic acids is 1. The number of carbonyl (C=O) groups is 1. The summed E-state index contributed by atoms with van der Waals surface area (Å²) >= 11 is 0. The average Bonchev–Trinajstić information content (AvgIpc) is 2.77. The number of aromatic nitrogens is 2. The van der Waals surface area contributed by atoms with E-state index in [9.17, 15) is 4.79 Å². The maximum atomic E-state index is 11.9. The van der Waals surface area contributed by atoms with Crippen LogP contribution in [0.3, 0.4) is 0 Å². The van der Waals surface area contributed by atoms with E-state index in [0.717, 1.165) is 18.7 Å². The number of amides is 1. The number of nitrogens with zero attached hydrogens (tertiary/aromatic N) is 2. The van der Waals surface area contributed by atoms with Crippen molar-refractivity contribution in [3.8, 4) is 0 Å². The standard InChI is InChI=1S/C11H18N4O/c1-15(2)11(16)8-7-13-14-10(8)9-5-3-4-6-12-9/h7,9,12H,3-6H2,1-2H3,(H,13,14). The minimum absolute atomic E-state index is 0.0103. The predicted molar refractivity (Wildman–Crippen MR) is 61.2 cm³/mol. The lowest BCUT2D eigenvalue weighted by atomic mass is 9.99. The Bertz CT molecular complexity index is 366. The SMILES string of the molecule is CN(C)C(=O)c1cn[nH]c1C1CCCCN1. The van der Waals surface area contributed by atoms with Crippen LogP contribution in [0.4, 0.5) is 0 Å². The van der Waals surface area contributed by atoms with Crippen LogP contribution < -0.4 is 5.32 Å². The molecular formula is C11H18N4O. The van der Waals surface area contributed by atoms with E-state index in [4.69, 9.17) is 0 Å². The zero-order valence-corrected chi connectivity index (χ0v) is 9.79. The molecule has 5 nitrogen and oxygen atoms in total. The summed E-state index contributed by atoms with van der Waals surface area (Å²) in [7, 11) is 3.51. The zero-order valence-electron chi connectivity index (χ0n) is 9.79. The van der Waals surface area contributed by atoms with Gasteiger partial charge in [-0.3, -0.25) is 9.89 Å². The highest BCUT2D eigenvalue weighted by molar-refractivity contribution is 5.94. The Morgan fingerprint density at radius 2 is 2.31 bits per heavy atom. The molecule has 16 heavy (non-hydrogen) atoms. The van der Waals surface area contributed by atoms with E-state index in [1.54, 1.807) is 25.2 Å². The van der Waals surface area contributed by atoms with Gasteiger partial charge in [-0.15, -0.1) is 0 Å². The second kappa shape index (κ2) is 4.65. The number of H-pyrrole nitrogens is 1. The molecule has 0 aromatic carbocycles. The minimum Gasteiger partial charge on any atom is -0.345 e. The lowest BCUT2D eigenvalue weighted by molar-refractivity contribution is 0.0825. The molecule has 1 aromatic heterocycles. The first-order valence-corrected chi connectivity index (χ1v) is 5.68. The minimum atomic E-state index is 0.0103. The van der Waals surface area contributed by atoms with Crippen molar-refractivity contribution in [3.05, 3.63) is 17.5 Å². The van der Waals surface area contributed by atoms with Gasteiger partial charge in [-0.05, 0) is 19.4 Å². The summed E-state index contributed by atoms with van der Waals surface area (Å²) in [5, 5.41) is 10.4. The Kier molecular flexibility index (Phi) is 3.24. The monoisotopic (exact) mass is 222 g/mol. The molecule has 2 N–H and O–H groups in total. The molecule has 2 rings (SSSR count). The van der Waals surface area contributed by atoms with Gasteiger partial charge in [0.1, 0.15) is 0 Å². The maximum Gasteiger partial charge on any atom is 0.256 e. The molecule has 0 aliphatic carbocycles. The van der Waals surface area contributed by atoms with Gasteiger partial charge in [0, 0.05) is 20.1 Å². The van der Waals surface area contributed by atoms with Crippen LogP contribution in [0.2, 0.25) is 0 Å². The van der Waals surface area contributed by atoms with Gasteiger partial charge in [0.05, 0.1) is 17.5 Å². The summed E-state index contributed by atoms with van der Waals surface area (Å²) in [5.41, 5.74) is 1.61. The molecular weight excluding hydrogens is 204 g/mol. The van der Waals surface area contributed by atoms with Crippen LogP contribution in [0.15, 0.2) is 6.20 Å². The van der Waals surface area contributed by atoms with Gasteiger partial charge in [-0.1, -0.05) is 6.42 Å². The number of hydrogen-bond donors (Lipinski definition) is 2. The molecule has 0 radical (unpaired) electrons. The van der Waals surface area contributed by atoms with Crippen molar-refractivity contribution in [2.24, 2.45) is 0 Å². The van der Waals surface area contributed by atoms with Crippen LogP contribution in [0.1, 0.15) is 41.4 Å². The lowest BCUT2D eigenvalue weighted by Crippen LogP contribution is -2.30. The van der Waals surface area contributed by atoms with Crippen LogP contribution >= 0.6 is 0 Å².